The topological polar surface area (TPSA) is 50.8 Å². The number of quaternary nitrogens is 1. The molecule has 0 saturated heterocycles. The lowest BCUT2D eigenvalue weighted by atomic mass is 10.1. The van der Waals surface area contributed by atoms with Gasteiger partial charge in [0.15, 0.2) is 9.84 Å². The summed E-state index contributed by atoms with van der Waals surface area (Å²) in [5.74, 6) is -0.0259. The van der Waals surface area contributed by atoms with Crippen LogP contribution >= 0.6 is 34.8 Å². The summed E-state index contributed by atoms with van der Waals surface area (Å²) >= 11 is 18.0. The summed E-state index contributed by atoms with van der Waals surface area (Å²) in [4.78, 5) is 0.0745. The zero-order valence-corrected chi connectivity index (χ0v) is 15.6. The Bertz CT molecular complexity index is 794. The lowest BCUT2D eigenvalue weighted by molar-refractivity contribution is -0.689. The van der Waals surface area contributed by atoms with Gasteiger partial charge in [0.25, 0.3) is 0 Å². The van der Waals surface area contributed by atoms with Crippen molar-refractivity contribution >= 4 is 44.6 Å². The molecule has 124 valence electrons. The Labute approximate surface area is 151 Å². The summed E-state index contributed by atoms with van der Waals surface area (Å²) in [6, 6.07) is 12.0. The molecule has 3 nitrogen and oxygen atoms in total. The highest BCUT2D eigenvalue weighted by Gasteiger charge is 2.20. The molecule has 23 heavy (non-hydrogen) atoms. The van der Waals surface area contributed by atoms with E-state index < -0.39 is 9.84 Å². The normalized spacial score (nSPS) is 13.0. The molecule has 0 heterocycles. The molecule has 0 spiro atoms. The summed E-state index contributed by atoms with van der Waals surface area (Å²) in [5, 5.41) is 3.16. The fourth-order valence-electron chi connectivity index (χ4n) is 2.27. The molecule has 2 rings (SSSR count). The third-order valence-electron chi connectivity index (χ3n) is 3.53. The van der Waals surface area contributed by atoms with Crippen LogP contribution < -0.4 is 5.32 Å². The van der Waals surface area contributed by atoms with Gasteiger partial charge < -0.3 is 5.32 Å². The molecular formula is C16H17Cl3NO2S+. The van der Waals surface area contributed by atoms with Crippen molar-refractivity contribution in [3.63, 3.8) is 0 Å². The lowest BCUT2D eigenvalue weighted by Gasteiger charge is -2.13. The van der Waals surface area contributed by atoms with Gasteiger partial charge in [-0.3, -0.25) is 0 Å². The van der Waals surface area contributed by atoms with Crippen molar-refractivity contribution in [2.45, 2.75) is 17.9 Å². The second kappa shape index (κ2) is 7.86. The number of nitrogens with two attached hydrogens (primary N) is 1. The highest BCUT2D eigenvalue weighted by molar-refractivity contribution is 7.91. The van der Waals surface area contributed by atoms with Gasteiger partial charge in [0.2, 0.25) is 0 Å². The Balaban J connectivity index is 2.03. The first-order chi connectivity index (χ1) is 10.8. The van der Waals surface area contributed by atoms with Crippen molar-refractivity contribution in [2.75, 3.05) is 12.3 Å². The van der Waals surface area contributed by atoms with Gasteiger partial charge in [-0.05, 0) is 31.2 Å². The molecule has 0 bridgehead atoms. The van der Waals surface area contributed by atoms with Crippen LogP contribution in [-0.2, 0) is 9.84 Å². The Morgan fingerprint density at radius 1 is 1.04 bits per heavy atom. The SMILES string of the molecule is C[C@H]([NH2+]CCS(=O)(=O)c1cc(Cl)ccc1Cl)c1ccccc1Cl. The smallest absolute Gasteiger partial charge is 0.185 e. The van der Waals surface area contributed by atoms with Crippen LogP contribution in [0.1, 0.15) is 18.5 Å². The lowest BCUT2D eigenvalue weighted by Crippen LogP contribution is -2.85. The molecule has 1 atom stereocenters. The van der Waals surface area contributed by atoms with Crippen molar-refractivity contribution in [1.29, 1.82) is 0 Å². The van der Waals surface area contributed by atoms with E-state index in [0.717, 1.165) is 5.56 Å². The van der Waals surface area contributed by atoms with Crippen LogP contribution in [0.25, 0.3) is 0 Å². The summed E-state index contributed by atoms with van der Waals surface area (Å²) in [7, 11) is -3.48. The zero-order chi connectivity index (χ0) is 17.0. The molecule has 2 N–H and O–H groups in total. The number of halogens is 3. The predicted octanol–water partition coefficient (Wildman–Crippen LogP) is 3.75. The fraction of sp³-hybridized carbons (Fsp3) is 0.250. The predicted molar refractivity (Wildman–Crippen MR) is 95.2 cm³/mol. The van der Waals surface area contributed by atoms with Crippen LogP contribution in [-0.4, -0.2) is 20.7 Å². The molecular weight excluding hydrogens is 377 g/mol. The van der Waals surface area contributed by atoms with Crippen LogP contribution in [0, 0.1) is 0 Å². The van der Waals surface area contributed by atoms with Crippen LogP contribution in [0.15, 0.2) is 47.4 Å². The van der Waals surface area contributed by atoms with Gasteiger partial charge in [-0.2, -0.15) is 0 Å². The van der Waals surface area contributed by atoms with Gasteiger partial charge >= 0.3 is 0 Å². The minimum Gasteiger partial charge on any atom is -0.339 e. The van der Waals surface area contributed by atoms with E-state index in [-0.39, 0.29) is 21.7 Å². The first-order valence-electron chi connectivity index (χ1n) is 7.07. The maximum atomic E-state index is 12.4. The number of sulfone groups is 1. The van der Waals surface area contributed by atoms with E-state index in [1.807, 2.05) is 36.5 Å². The van der Waals surface area contributed by atoms with E-state index in [2.05, 4.69) is 0 Å². The molecule has 0 fully saturated rings. The van der Waals surface area contributed by atoms with Crippen LogP contribution in [0.2, 0.25) is 15.1 Å². The molecule has 2 aromatic carbocycles. The average Bonchev–Trinajstić information content (AvgIpc) is 2.49. The van der Waals surface area contributed by atoms with Gasteiger partial charge in [0.05, 0.1) is 16.5 Å². The Kier molecular flexibility index (Phi) is 6.34. The van der Waals surface area contributed by atoms with Gasteiger partial charge in [0.1, 0.15) is 11.8 Å². The Hall–Kier alpha value is -0.780. The van der Waals surface area contributed by atoms with Gasteiger partial charge in [-0.1, -0.05) is 53.0 Å². The number of benzene rings is 2. The maximum absolute atomic E-state index is 12.4. The third-order valence-corrected chi connectivity index (χ3v) is 6.33. The van der Waals surface area contributed by atoms with Crippen molar-refractivity contribution < 1.29 is 13.7 Å². The van der Waals surface area contributed by atoms with E-state index in [1.54, 1.807) is 6.07 Å². The molecule has 0 saturated carbocycles. The molecule has 0 aliphatic carbocycles. The Morgan fingerprint density at radius 3 is 2.43 bits per heavy atom. The quantitative estimate of drug-likeness (QED) is 0.812. The minimum absolute atomic E-state index is 0.0259. The summed E-state index contributed by atoms with van der Waals surface area (Å²) < 4.78 is 24.8. The molecule has 0 unspecified atom stereocenters. The summed E-state index contributed by atoms with van der Waals surface area (Å²) in [6.45, 7) is 2.39. The van der Waals surface area contributed by atoms with E-state index in [1.165, 1.54) is 12.1 Å². The summed E-state index contributed by atoms with van der Waals surface area (Å²) in [5.41, 5.74) is 0.979. The van der Waals surface area contributed by atoms with E-state index in [4.69, 9.17) is 34.8 Å². The van der Waals surface area contributed by atoms with Crippen molar-refractivity contribution in [2.24, 2.45) is 0 Å². The molecule has 0 radical (unpaired) electrons. The molecule has 0 aromatic heterocycles. The average molecular weight is 394 g/mol. The van der Waals surface area contributed by atoms with E-state index in [9.17, 15) is 8.42 Å². The largest absolute Gasteiger partial charge is 0.339 e. The van der Waals surface area contributed by atoms with Crippen LogP contribution in [0.4, 0.5) is 0 Å². The molecule has 2 aromatic rings. The number of hydrogen-bond acceptors (Lipinski definition) is 2. The first-order valence-corrected chi connectivity index (χ1v) is 9.85. The van der Waals surface area contributed by atoms with Gasteiger partial charge in [-0.15, -0.1) is 0 Å². The van der Waals surface area contributed by atoms with Crippen LogP contribution in [0.5, 0.6) is 0 Å². The molecule has 0 amide bonds. The van der Waals surface area contributed by atoms with Crippen molar-refractivity contribution in [3.05, 3.63) is 63.1 Å². The van der Waals surface area contributed by atoms with Crippen LogP contribution in [0.3, 0.4) is 0 Å². The van der Waals surface area contributed by atoms with E-state index >= 15 is 0 Å². The maximum Gasteiger partial charge on any atom is 0.185 e. The van der Waals surface area contributed by atoms with Crippen molar-refractivity contribution in [1.82, 2.24) is 0 Å². The highest BCUT2D eigenvalue weighted by Crippen LogP contribution is 2.25. The monoisotopic (exact) mass is 392 g/mol. The fourth-order valence-corrected chi connectivity index (χ4v) is 4.62. The van der Waals surface area contributed by atoms with Gasteiger partial charge in [0, 0.05) is 15.6 Å². The minimum atomic E-state index is -3.48. The third kappa shape index (κ3) is 4.85. The van der Waals surface area contributed by atoms with E-state index in [0.29, 0.717) is 16.6 Å². The van der Waals surface area contributed by atoms with Crippen molar-refractivity contribution in [3.8, 4) is 0 Å². The molecule has 7 heteroatoms. The molecule has 0 aliphatic heterocycles. The zero-order valence-electron chi connectivity index (χ0n) is 12.5. The first kappa shape index (κ1) is 18.6. The Morgan fingerprint density at radius 2 is 1.74 bits per heavy atom. The highest BCUT2D eigenvalue weighted by atomic mass is 35.5. The molecule has 0 aliphatic rings. The second-order valence-electron chi connectivity index (χ2n) is 5.23. The number of hydrogen-bond donors (Lipinski definition) is 1. The summed E-state index contributed by atoms with van der Waals surface area (Å²) in [6.07, 6.45) is 0. The number of rotatable bonds is 6. The second-order valence-corrected chi connectivity index (χ2v) is 8.56. The standard InChI is InChI=1S/C16H16Cl3NO2S/c1-11(13-4-2-3-5-14(13)18)20-8-9-23(21,22)16-10-12(17)6-7-15(16)19/h2-7,10-11,20H,8-9H2,1H3/p+1/t11-/m0/s1. The van der Waals surface area contributed by atoms with Gasteiger partial charge in [-0.25, -0.2) is 8.42 Å².